The van der Waals surface area contributed by atoms with Crippen molar-refractivity contribution in [1.82, 2.24) is 10.2 Å². The van der Waals surface area contributed by atoms with Crippen molar-refractivity contribution < 1.29 is 14.1 Å². The van der Waals surface area contributed by atoms with Crippen molar-refractivity contribution in [2.45, 2.75) is 0 Å². The number of hydrogen-bond acceptors (Lipinski definition) is 5. The van der Waals surface area contributed by atoms with Gasteiger partial charge in [0.05, 0.1) is 4.92 Å². The van der Waals surface area contributed by atoms with Crippen molar-refractivity contribution in [3.05, 3.63) is 57.0 Å². The first-order valence-corrected chi connectivity index (χ1v) is 5.59. The van der Waals surface area contributed by atoms with Crippen LogP contribution in [-0.4, -0.2) is 21.0 Å². The molecule has 0 saturated heterocycles. The molecule has 1 aromatic heterocycles. The van der Waals surface area contributed by atoms with Gasteiger partial charge in [0.2, 0.25) is 5.82 Å². The van der Waals surface area contributed by atoms with E-state index in [0.717, 1.165) is 18.2 Å². The zero-order valence-electron chi connectivity index (χ0n) is 9.71. The molecule has 9 heteroatoms. The van der Waals surface area contributed by atoms with Gasteiger partial charge in [-0.05, 0) is 24.3 Å². The maximum atomic E-state index is 13.1. The second-order valence-electron chi connectivity index (χ2n) is 3.62. The van der Waals surface area contributed by atoms with Gasteiger partial charge in [-0.25, -0.2) is 0 Å². The maximum absolute atomic E-state index is 13.1. The van der Waals surface area contributed by atoms with Gasteiger partial charge in [0.25, 0.3) is 5.91 Å². The minimum Gasteiger partial charge on any atom is -0.305 e. The molecular formula is C11H6ClFN4O3. The Morgan fingerprint density at radius 2 is 2.05 bits per heavy atom. The van der Waals surface area contributed by atoms with Crippen LogP contribution in [0, 0.1) is 15.9 Å². The molecule has 0 spiro atoms. The number of hydrogen-bond donors (Lipinski definition) is 1. The Bertz CT molecular complexity index is 678. The van der Waals surface area contributed by atoms with E-state index in [9.17, 15) is 19.3 Å². The summed E-state index contributed by atoms with van der Waals surface area (Å²) in [5, 5.41) is 20.2. The number of halogens is 2. The zero-order valence-corrected chi connectivity index (χ0v) is 10.5. The summed E-state index contributed by atoms with van der Waals surface area (Å²) < 4.78 is 13.1. The number of nitro groups is 1. The van der Waals surface area contributed by atoms with Crippen LogP contribution in [0.5, 0.6) is 0 Å². The number of carbonyl (C=O) groups is 1. The van der Waals surface area contributed by atoms with Crippen LogP contribution in [0.4, 0.5) is 15.9 Å². The van der Waals surface area contributed by atoms with Crippen molar-refractivity contribution in [3.63, 3.8) is 0 Å². The molecule has 2 rings (SSSR count). The lowest BCUT2D eigenvalue weighted by Gasteiger charge is -2.04. The van der Waals surface area contributed by atoms with Crippen molar-refractivity contribution in [3.8, 4) is 0 Å². The van der Waals surface area contributed by atoms with E-state index in [1.54, 1.807) is 0 Å². The predicted molar refractivity (Wildman–Crippen MR) is 68.0 cm³/mol. The molecule has 0 unspecified atom stereocenters. The lowest BCUT2D eigenvalue weighted by molar-refractivity contribution is -0.387. The van der Waals surface area contributed by atoms with Crippen LogP contribution in [0.1, 0.15) is 10.4 Å². The summed E-state index contributed by atoms with van der Waals surface area (Å²) in [6.45, 7) is 0. The molecule has 1 N–H and O–H groups in total. The molecule has 1 aromatic carbocycles. The van der Waals surface area contributed by atoms with Crippen molar-refractivity contribution in [1.29, 1.82) is 0 Å². The zero-order chi connectivity index (χ0) is 14.7. The summed E-state index contributed by atoms with van der Waals surface area (Å²) in [5.74, 6) is -1.58. The highest BCUT2D eigenvalue weighted by Gasteiger charge is 2.17. The minimum absolute atomic E-state index is 0.0742. The van der Waals surface area contributed by atoms with Crippen LogP contribution in [-0.2, 0) is 0 Å². The smallest absolute Gasteiger partial charge is 0.305 e. The van der Waals surface area contributed by atoms with Gasteiger partial charge in [-0.3, -0.25) is 14.9 Å². The molecule has 0 fully saturated rings. The van der Waals surface area contributed by atoms with E-state index in [1.807, 2.05) is 0 Å². The lowest BCUT2D eigenvalue weighted by atomic mass is 10.2. The third kappa shape index (κ3) is 3.04. The van der Waals surface area contributed by atoms with Gasteiger partial charge in [-0.1, -0.05) is 11.6 Å². The van der Waals surface area contributed by atoms with E-state index < -0.39 is 22.3 Å². The molecule has 0 radical (unpaired) electrons. The van der Waals surface area contributed by atoms with Crippen LogP contribution in [0.25, 0.3) is 0 Å². The lowest BCUT2D eigenvalue weighted by Crippen LogP contribution is -2.13. The molecule has 0 atom stereocenters. The second kappa shape index (κ2) is 5.57. The molecule has 7 nitrogen and oxygen atoms in total. The fourth-order valence-electron chi connectivity index (χ4n) is 1.36. The molecule has 1 amide bonds. The molecule has 0 saturated carbocycles. The topological polar surface area (TPSA) is 98.0 Å². The fraction of sp³-hybridized carbons (Fsp3) is 0. The van der Waals surface area contributed by atoms with E-state index in [4.69, 9.17) is 11.6 Å². The SMILES string of the molecule is O=C(Nc1ccc(Cl)nn1)c1ccc(F)c([N+](=O)[O-])c1. The van der Waals surface area contributed by atoms with Gasteiger partial charge >= 0.3 is 5.69 Å². The predicted octanol–water partition coefficient (Wildman–Crippen LogP) is 2.43. The average Bonchev–Trinajstić information content (AvgIpc) is 2.41. The number of nitrogens with one attached hydrogen (secondary N) is 1. The number of anilines is 1. The molecule has 1 heterocycles. The van der Waals surface area contributed by atoms with E-state index in [-0.39, 0.29) is 16.5 Å². The molecule has 0 aliphatic heterocycles. The molecule has 0 bridgehead atoms. The van der Waals surface area contributed by atoms with Crippen LogP contribution in [0.2, 0.25) is 5.15 Å². The van der Waals surface area contributed by atoms with Gasteiger partial charge in [0, 0.05) is 11.6 Å². The van der Waals surface area contributed by atoms with E-state index in [0.29, 0.717) is 0 Å². The van der Waals surface area contributed by atoms with E-state index in [1.165, 1.54) is 12.1 Å². The fourth-order valence-corrected chi connectivity index (χ4v) is 1.47. The largest absolute Gasteiger partial charge is 0.305 e. The summed E-state index contributed by atoms with van der Waals surface area (Å²) in [5.41, 5.74) is -0.852. The quantitative estimate of drug-likeness (QED) is 0.693. The normalized spacial score (nSPS) is 10.1. The van der Waals surface area contributed by atoms with Gasteiger partial charge in [0.15, 0.2) is 11.0 Å². The average molecular weight is 297 g/mol. The Morgan fingerprint density at radius 1 is 1.30 bits per heavy atom. The molecule has 20 heavy (non-hydrogen) atoms. The first-order valence-electron chi connectivity index (χ1n) is 5.22. The Kier molecular flexibility index (Phi) is 3.85. The number of carbonyl (C=O) groups excluding carboxylic acids is 1. The summed E-state index contributed by atoms with van der Waals surface area (Å²) in [7, 11) is 0. The summed E-state index contributed by atoms with van der Waals surface area (Å²) in [6.07, 6.45) is 0. The Hall–Kier alpha value is -2.61. The first kappa shape index (κ1) is 13.8. The Labute approximate surface area is 116 Å². The maximum Gasteiger partial charge on any atom is 0.305 e. The molecule has 0 aliphatic rings. The number of rotatable bonds is 3. The van der Waals surface area contributed by atoms with Crippen LogP contribution in [0.15, 0.2) is 30.3 Å². The third-order valence-electron chi connectivity index (χ3n) is 2.28. The summed E-state index contributed by atoms with van der Waals surface area (Å²) >= 11 is 5.54. The number of amides is 1. The highest BCUT2D eigenvalue weighted by atomic mass is 35.5. The van der Waals surface area contributed by atoms with E-state index in [2.05, 4.69) is 15.5 Å². The van der Waals surface area contributed by atoms with Crippen molar-refractivity contribution in [2.24, 2.45) is 0 Å². The van der Waals surface area contributed by atoms with E-state index >= 15 is 0 Å². The van der Waals surface area contributed by atoms with Crippen LogP contribution < -0.4 is 5.32 Å². The highest BCUT2D eigenvalue weighted by Crippen LogP contribution is 2.19. The van der Waals surface area contributed by atoms with Crippen LogP contribution >= 0.6 is 11.6 Å². The molecule has 2 aromatic rings. The number of nitro benzene ring substituents is 1. The number of benzene rings is 1. The van der Waals surface area contributed by atoms with Gasteiger partial charge < -0.3 is 5.32 Å². The summed E-state index contributed by atoms with van der Waals surface area (Å²) in [6, 6.07) is 5.64. The standard InChI is InChI=1S/C11H6ClFN4O3/c12-9-3-4-10(16-15-9)14-11(18)6-1-2-7(13)8(5-6)17(19)20/h1-5H,(H,14,16,18). The third-order valence-corrected chi connectivity index (χ3v) is 2.48. The Morgan fingerprint density at radius 3 is 2.65 bits per heavy atom. The second-order valence-corrected chi connectivity index (χ2v) is 4.01. The molecule has 102 valence electrons. The van der Waals surface area contributed by atoms with Gasteiger partial charge in [-0.2, -0.15) is 4.39 Å². The minimum atomic E-state index is -1.02. The Balaban J connectivity index is 2.23. The number of nitrogens with zero attached hydrogens (tertiary/aromatic N) is 3. The molecule has 0 aliphatic carbocycles. The monoisotopic (exact) mass is 296 g/mol. The van der Waals surface area contributed by atoms with Crippen molar-refractivity contribution >= 4 is 29.0 Å². The van der Waals surface area contributed by atoms with Crippen LogP contribution in [0.3, 0.4) is 0 Å². The number of aromatic nitrogens is 2. The summed E-state index contributed by atoms with van der Waals surface area (Å²) in [4.78, 5) is 21.5. The van der Waals surface area contributed by atoms with Crippen molar-refractivity contribution in [2.75, 3.05) is 5.32 Å². The van der Waals surface area contributed by atoms with Gasteiger partial charge in [-0.15, -0.1) is 10.2 Å². The van der Waals surface area contributed by atoms with Gasteiger partial charge in [0.1, 0.15) is 0 Å². The highest BCUT2D eigenvalue weighted by molar-refractivity contribution is 6.29. The first-order chi connectivity index (χ1) is 9.47. The molecular weight excluding hydrogens is 291 g/mol.